The van der Waals surface area contributed by atoms with E-state index in [4.69, 9.17) is 10.8 Å². The predicted octanol–water partition coefficient (Wildman–Crippen LogP) is 0.849. The maximum atomic E-state index is 13.4. The summed E-state index contributed by atoms with van der Waals surface area (Å²) in [7, 11) is 0. The van der Waals surface area contributed by atoms with Crippen LogP contribution in [0.15, 0.2) is 0 Å². The molecule has 1 fully saturated rings. The zero-order valence-electron chi connectivity index (χ0n) is 7.20. The molecule has 6 heteroatoms. The lowest BCUT2D eigenvalue weighted by Gasteiger charge is -2.33. The van der Waals surface area contributed by atoms with Crippen LogP contribution in [0.3, 0.4) is 0 Å². The molecule has 1 heterocycles. The van der Waals surface area contributed by atoms with E-state index in [-0.39, 0.29) is 44.9 Å². The van der Waals surface area contributed by atoms with E-state index in [0.29, 0.717) is 0 Å². The van der Waals surface area contributed by atoms with Gasteiger partial charge in [-0.15, -0.1) is 12.4 Å². The van der Waals surface area contributed by atoms with Crippen LogP contribution in [0.1, 0.15) is 12.8 Å². The molecule has 4 nitrogen and oxygen atoms in total. The molecule has 0 unspecified atom stereocenters. The molecule has 1 aliphatic heterocycles. The molecule has 0 aliphatic carbocycles. The molecule has 0 aromatic rings. The van der Waals surface area contributed by atoms with Gasteiger partial charge in [0, 0.05) is 32.5 Å². The quantitative estimate of drug-likeness (QED) is 0.677. The molecule has 0 bridgehead atoms. The Balaban J connectivity index is 0.00000144. The lowest BCUT2D eigenvalue weighted by atomic mass is 9.94. The molecule has 13 heavy (non-hydrogen) atoms. The van der Waals surface area contributed by atoms with Gasteiger partial charge in [-0.3, -0.25) is 0 Å². The summed E-state index contributed by atoms with van der Waals surface area (Å²) < 4.78 is 13.4. The highest BCUT2D eigenvalue weighted by atomic mass is 35.5. The smallest absolute Gasteiger partial charge is 0.407 e. The normalized spacial score (nSPS) is 20.6. The highest BCUT2D eigenvalue weighted by molar-refractivity contribution is 5.85. The maximum Gasteiger partial charge on any atom is 0.407 e. The first-order chi connectivity index (χ1) is 5.57. The summed E-state index contributed by atoms with van der Waals surface area (Å²) in [6.45, 7) is 0.493. The Morgan fingerprint density at radius 2 is 2.00 bits per heavy atom. The Morgan fingerprint density at radius 1 is 1.54 bits per heavy atom. The number of rotatable bonds is 1. The first-order valence-electron chi connectivity index (χ1n) is 3.94. The molecule has 1 saturated heterocycles. The highest BCUT2D eigenvalue weighted by Gasteiger charge is 2.34. The van der Waals surface area contributed by atoms with Gasteiger partial charge in [-0.05, 0) is 0 Å². The Labute approximate surface area is 82.3 Å². The van der Waals surface area contributed by atoms with Gasteiger partial charge < -0.3 is 15.7 Å². The van der Waals surface area contributed by atoms with Gasteiger partial charge in [0.25, 0.3) is 0 Å². The number of carbonyl (C=O) groups is 1. The Hall–Kier alpha value is -0.550. The molecule has 0 atom stereocenters. The third-order valence-electron chi connectivity index (χ3n) is 2.30. The molecule has 0 radical (unpaired) electrons. The molecular formula is C7H14ClFN2O2. The molecule has 0 saturated carbocycles. The number of alkyl halides is 1. The van der Waals surface area contributed by atoms with Crippen molar-refractivity contribution in [2.75, 3.05) is 19.6 Å². The second kappa shape index (κ2) is 4.62. The number of likely N-dealkylation sites (tertiary alicyclic amines) is 1. The zero-order chi connectivity index (χ0) is 9.19. The molecule has 1 aliphatic rings. The fourth-order valence-electron chi connectivity index (χ4n) is 1.30. The van der Waals surface area contributed by atoms with Gasteiger partial charge in [-0.1, -0.05) is 0 Å². The number of nitrogens with zero attached hydrogens (tertiary/aromatic N) is 1. The zero-order valence-corrected chi connectivity index (χ0v) is 8.02. The van der Waals surface area contributed by atoms with Crippen molar-refractivity contribution in [3.05, 3.63) is 0 Å². The lowest BCUT2D eigenvalue weighted by Crippen LogP contribution is -2.47. The van der Waals surface area contributed by atoms with Crippen LogP contribution in [-0.4, -0.2) is 41.4 Å². The van der Waals surface area contributed by atoms with Crippen LogP contribution < -0.4 is 5.73 Å². The van der Waals surface area contributed by atoms with E-state index in [9.17, 15) is 9.18 Å². The van der Waals surface area contributed by atoms with E-state index < -0.39 is 11.8 Å². The third-order valence-corrected chi connectivity index (χ3v) is 2.30. The predicted molar refractivity (Wildman–Crippen MR) is 49.0 cm³/mol. The van der Waals surface area contributed by atoms with Crippen molar-refractivity contribution >= 4 is 18.5 Å². The Morgan fingerprint density at radius 3 is 2.31 bits per heavy atom. The molecule has 78 valence electrons. The SMILES string of the molecule is Cl.NCC1(F)CCN(C(=O)O)CC1. The summed E-state index contributed by atoms with van der Waals surface area (Å²) in [6, 6.07) is 0. The minimum atomic E-state index is -1.34. The summed E-state index contributed by atoms with van der Waals surface area (Å²) >= 11 is 0. The summed E-state index contributed by atoms with van der Waals surface area (Å²) in [6.07, 6.45) is -0.542. The van der Waals surface area contributed by atoms with Crippen molar-refractivity contribution in [1.82, 2.24) is 4.90 Å². The molecule has 0 spiro atoms. The number of nitrogens with two attached hydrogens (primary N) is 1. The van der Waals surface area contributed by atoms with Crippen molar-refractivity contribution in [3.63, 3.8) is 0 Å². The Bertz CT molecular complexity index is 183. The van der Waals surface area contributed by atoms with Crippen LogP contribution in [0.2, 0.25) is 0 Å². The second-order valence-corrected chi connectivity index (χ2v) is 3.12. The third kappa shape index (κ3) is 3.00. The largest absolute Gasteiger partial charge is 0.465 e. The average Bonchev–Trinajstić information content (AvgIpc) is 2.05. The van der Waals surface area contributed by atoms with Crippen LogP contribution in [0.25, 0.3) is 0 Å². The van der Waals surface area contributed by atoms with Crippen molar-refractivity contribution < 1.29 is 14.3 Å². The Kier molecular flexibility index (Phi) is 4.43. The first-order valence-corrected chi connectivity index (χ1v) is 3.94. The van der Waals surface area contributed by atoms with Gasteiger partial charge in [-0.25, -0.2) is 9.18 Å². The standard InChI is InChI=1S/C7H13FN2O2.ClH/c8-7(5-9)1-3-10(4-2-7)6(11)12;/h1-5,9H2,(H,11,12);1H. The van der Waals surface area contributed by atoms with Gasteiger partial charge in [0.1, 0.15) is 5.67 Å². The van der Waals surface area contributed by atoms with Gasteiger partial charge in [0.15, 0.2) is 0 Å². The van der Waals surface area contributed by atoms with Gasteiger partial charge in [0.2, 0.25) is 0 Å². The minimum Gasteiger partial charge on any atom is -0.465 e. The number of piperidine rings is 1. The number of amides is 1. The number of hydrogen-bond donors (Lipinski definition) is 2. The summed E-state index contributed by atoms with van der Waals surface area (Å²) in [5.41, 5.74) is 3.88. The van der Waals surface area contributed by atoms with E-state index in [1.165, 1.54) is 4.90 Å². The van der Waals surface area contributed by atoms with Crippen molar-refractivity contribution in [1.29, 1.82) is 0 Å². The lowest BCUT2D eigenvalue weighted by molar-refractivity contribution is 0.0630. The van der Waals surface area contributed by atoms with Crippen LogP contribution in [-0.2, 0) is 0 Å². The molecule has 0 aromatic carbocycles. The van der Waals surface area contributed by atoms with E-state index in [1.54, 1.807) is 0 Å². The maximum absolute atomic E-state index is 13.4. The van der Waals surface area contributed by atoms with Gasteiger partial charge in [0.05, 0.1) is 0 Å². The fourth-order valence-corrected chi connectivity index (χ4v) is 1.30. The summed E-state index contributed by atoms with van der Waals surface area (Å²) in [4.78, 5) is 11.6. The number of carboxylic acid groups (broad SMARTS) is 1. The minimum absolute atomic E-state index is 0. The number of hydrogen-bond acceptors (Lipinski definition) is 2. The number of halogens is 2. The van der Waals surface area contributed by atoms with Crippen molar-refractivity contribution in [3.8, 4) is 0 Å². The van der Waals surface area contributed by atoms with Crippen molar-refractivity contribution in [2.45, 2.75) is 18.5 Å². The van der Waals surface area contributed by atoms with Crippen molar-refractivity contribution in [2.24, 2.45) is 5.73 Å². The summed E-state index contributed by atoms with van der Waals surface area (Å²) in [5, 5.41) is 8.55. The van der Waals surface area contributed by atoms with Crippen LogP contribution >= 0.6 is 12.4 Å². The van der Waals surface area contributed by atoms with Crippen LogP contribution in [0.4, 0.5) is 9.18 Å². The van der Waals surface area contributed by atoms with Gasteiger partial charge in [-0.2, -0.15) is 0 Å². The molecule has 3 N–H and O–H groups in total. The van der Waals surface area contributed by atoms with E-state index in [0.717, 1.165) is 0 Å². The monoisotopic (exact) mass is 212 g/mol. The molecule has 1 amide bonds. The van der Waals surface area contributed by atoms with E-state index >= 15 is 0 Å². The average molecular weight is 213 g/mol. The first kappa shape index (κ1) is 12.4. The second-order valence-electron chi connectivity index (χ2n) is 3.12. The highest BCUT2D eigenvalue weighted by Crippen LogP contribution is 2.24. The molecule has 1 rings (SSSR count). The van der Waals surface area contributed by atoms with Crippen LogP contribution in [0, 0.1) is 0 Å². The molecular weight excluding hydrogens is 199 g/mol. The topological polar surface area (TPSA) is 66.6 Å². The van der Waals surface area contributed by atoms with E-state index in [1.807, 2.05) is 0 Å². The fraction of sp³-hybridized carbons (Fsp3) is 0.857. The summed E-state index contributed by atoms with van der Waals surface area (Å²) in [5.74, 6) is 0. The van der Waals surface area contributed by atoms with Gasteiger partial charge >= 0.3 is 6.09 Å². The molecule has 0 aromatic heterocycles. The van der Waals surface area contributed by atoms with Crippen LogP contribution in [0.5, 0.6) is 0 Å². The van der Waals surface area contributed by atoms with E-state index in [2.05, 4.69) is 0 Å².